The van der Waals surface area contributed by atoms with Gasteiger partial charge in [-0.25, -0.2) is 4.79 Å². The maximum atomic E-state index is 11.9. The number of amides is 1. The highest BCUT2D eigenvalue weighted by Crippen LogP contribution is 2.55. The number of carbonyl (C=O) groups is 2. The van der Waals surface area contributed by atoms with Crippen LogP contribution in [0.2, 0.25) is 37.3 Å². The molecule has 0 aromatic rings. The lowest BCUT2D eigenvalue weighted by Gasteiger charge is -2.37. The first-order valence-corrected chi connectivity index (χ1v) is 12.2. The van der Waals surface area contributed by atoms with E-state index >= 15 is 0 Å². The number of methoxy groups -OCH3 is 1. The molecule has 0 bridgehead atoms. The van der Waals surface area contributed by atoms with Gasteiger partial charge in [0.05, 0.1) is 7.11 Å². The van der Waals surface area contributed by atoms with Crippen LogP contribution in [0.15, 0.2) is 0 Å². The van der Waals surface area contributed by atoms with Crippen molar-refractivity contribution in [3.05, 3.63) is 0 Å². The fourth-order valence-corrected chi connectivity index (χ4v) is 16.4. The molecule has 5 nitrogen and oxygen atoms in total. The summed E-state index contributed by atoms with van der Waals surface area (Å²) in [6, 6.07) is -0.516. The molecule has 1 N–H and O–H groups in total. The van der Waals surface area contributed by atoms with Gasteiger partial charge in [0, 0.05) is 12.0 Å². The summed E-state index contributed by atoms with van der Waals surface area (Å²) in [6.45, 7) is 8.58. The summed E-state index contributed by atoms with van der Waals surface area (Å²) >= 11 is 0. The Kier molecular flexibility index (Phi) is 3.19. The molecule has 2 aliphatic heterocycles. The van der Waals surface area contributed by atoms with Crippen LogP contribution in [-0.4, -0.2) is 41.7 Å². The van der Waals surface area contributed by atoms with Crippen LogP contribution in [-0.2, 0) is 18.4 Å². The Morgan fingerprint density at radius 3 is 2.50 bits per heavy atom. The fourth-order valence-electron chi connectivity index (χ4n) is 3.60. The summed E-state index contributed by atoms with van der Waals surface area (Å²) in [4.78, 5) is 23.7. The van der Waals surface area contributed by atoms with Crippen molar-refractivity contribution >= 4 is 28.5 Å². The van der Waals surface area contributed by atoms with Crippen molar-refractivity contribution in [2.24, 2.45) is 0 Å². The molecule has 2 saturated heterocycles. The Morgan fingerprint density at radius 1 is 1.33 bits per heavy atom. The number of carbonyl (C=O) groups excluding carboxylic acids is 2. The van der Waals surface area contributed by atoms with Gasteiger partial charge in [-0.15, -0.1) is 0 Å². The first-order chi connectivity index (χ1) is 8.19. The van der Waals surface area contributed by atoms with Gasteiger partial charge in [0.25, 0.3) is 0 Å². The largest absolute Gasteiger partial charge is 0.467 e. The van der Waals surface area contributed by atoms with E-state index < -0.39 is 22.7 Å². The predicted molar refractivity (Wildman–Crippen MR) is 72.1 cm³/mol. The average molecular weight is 287 g/mol. The molecular formula is C11H21NO4Si2. The number of fused-ring (bicyclic) bond motifs is 1. The summed E-state index contributed by atoms with van der Waals surface area (Å²) < 4.78 is 11.2. The van der Waals surface area contributed by atoms with Gasteiger partial charge in [0.15, 0.2) is 16.6 Å². The number of ether oxygens (including phenoxy) is 1. The maximum Gasteiger partial charge on any atom is 0.328 e. The normalized spacial score (nSPS) is 36.7. The molecule has 7 heteroatoms. The van der Waals surface area contributed by atoms with Gasteiger partial charge >= 0.3 is 5.97 Å². The van der Waals surface area contributed by atoms with E-state index in [0.717, 1.165) is 0 Å². The van der Waals surface area contributed by atoms with Crippen molar-refractivity contribution in [2.45, 2.75) is 49.7 Å². The van der Waals surface area contributed by atoms with Crippen molar-refractivity contribution in [1.29, 1.82) is 0 Å². The molecular weight excluding hydrogens is 266 g/mol. The minimum absolute atomic E-state index is 0.0532. The third-order valence-corrected chi connectivity index (χ3v) is 13.4. The molecule has 0 saturated carbocycles. The van der Waals surface area contributed by atoms with Gasteiger partial charge in [0.1, 0.15) is 6.04 Å². The third kappa shape index (κ3) is 2.04. The number of piperidine rings is 1. The van der Waals surface area contributed by atoms with Crippen LogP contribution < -0.4 is 5.32 Å². The molecule has 3 atom stereocenters. The van der Waals surface area contributed by atoms with Gasteiger partial charge in [0.2, 0.25) is 5.91 Å². The first-order valence-electron chi connectivity index (χ1n) is 6.26. The van der Waals surface area contributed by atoms with Crippen LogP contribution >= 0.6 is 0 Å². The molecule has 102 valence electrons. The van der Waals surface area contributed by atoms with Crippen LogP contribution in [0.4, 0.5) is 0 Å². The highest BCUT2D eigenvalue weighted by atomic mass is 28.4. The van der Waals surface area contributed by atoms with Crippen molar-refractivity contribution in [3.8, 4) is 0 Å². The van der Waals surface area contributed by atoms with Crippen molar-refractivity contribution in [3.63, 3.8) is 0 Å². The molecule has 0 unspecified atom stereocenters. The molecule has 18 heavy (non-hydrogen) atoms. The fraction of sp³-hybridized carbons (Fsp3) is 0.818. The Morgan fingerprint density at radius 2 is 1.94 bits per heavy atom. The smallest absolute Gasteiger partial charge is 0.328 e. The van der Waals surface area contributed by atoms with E-state index in [0.29, 0.717) is 6.42 Å². The molecule has 1 amide bonds. The van der Waals surface area contributed by atoms with E-state index in [1.807, 2.05) is 0 Å². The minimum Gasteiger partial charge on any atom is -0.467 e. The number of esters is 1. The summed E-state index contributed by atoms with van der Waals surface area (Å²) in [6.07, 6.45) is 0.494. The molecule has 0 aliphatic carbocycles. The SMILES string of the molecule is COC(=O)[C@H]1NC(=O)C[C@H]2[C@H]1[Si](C)(C)O[Si]2(C)C. The van der Waals surface area contributed by atoms with E-state index in [9.17, 15) is 9.59 Å². The number of rotatable bonds is 1. The van der Waals surface area contributed by atoms with E-state index in [1.54, 1.807) is 0 Å². The second kappa shape index (κ2) is 4.17. The van der Waals surface area contributed by atoms with E-state index in [2.05, 4.69) is 31.5 Å². The van der Waals surface area contributed by atoms with Gasteiger partial charge in [-0.2, -0.15) is 0 Å². The lowest BCUT2D eigenvalue weighted by Crippen LogP contribution is -2.55. The van der Waals surface area contributed by atoms with Gasteiger partial charge in [-0.1, -0.05) is 0 Å². The molecule has 0 radical (unpaired) electrons. The standard InChI is InChI=1S/C11H21NO4Si2/c1-15-11(14)9-10-7(6-8(13)12-9)17(2,3)16-18(10,4)5/h7,9-10H,6H2,1-5H3,(H,12,13)/t7-,9-,10+/m0/s1. The average Bonchev–Trinajstić information content (AvgIpc) is 2.42. The summed E-state index contributed by atoms with van der Waals surface area (Å²) in [7, 11) is -2.48. The Labute approximate surface area is 109 Å². The van der Waals surface area contributed by atoms with Gasteiger partial charge in [-0.05, 0) is 31.7 Å². The monoisotopic (exact) mass is 287 g/mol. The van der Waals surface area contributed by atoms with E-state index in [-0.39, 0.29) is 23.0 Å². The Hall–Kier alpha value is -0.666. The summed E-state index contributed by atoms with van der Waals surface area (Å²) in [5.41, 5.74) is 0.376. The maximum absolute atomic E-state index is 11.9. The third-order valence-electron chi connectivity index (χ3n) is 4.19. The van der Waals surface area contributed by atoms with Gasteiger partial charge < -0.3 is 14.2 Å². The number of hydrogen-bond donors (Lipinski definition) is 1. The second-order valence-electron chi connectivity index (χ2n) is 6.21. The zero-order valence-electron chi connectivity index (χ0n) is 11.6. The van der Waals surface area contributed by atoms with Crippen molar-refractivity contribution < 1.29 is 18.4 Å². The molecule has 2 fully saturated rings. The zero-order chi connectivity index (χ0) is 13.7. The second-order valence-corrected chi connectivity index (χ2v) is 14.9. The summed E-state index contributed by atoms with van der Waals surface area (Å²) in [5, 5.41) is 2.80. The lowest BCUT2D eigenvalue weighted by molar-refractivity contribution is -0.146. The van der Waals surface area contributed by atoms with Crippen LogP contribution in [0.25, 0.3) is 0 Å². The molecule has 0 aromatic heterocycles. The number of hydrogen-bond acceptors (Lipinski definition) is 4. The topological polar surface area (TPSA) is 64.6 Å². The molecule has 0 spiro atoms. The Bertz CT molecular complexity index is 397. The molecule has 0 aromatic carbocycles. The van der Waals surface area contributed by atoms with Crippen LogP contribution in [0.5, 0.6) is 0 Å². The molecule has 2 aliphatic rings. The van der Waals surface area contributed by atoms with Crippen LogP contribution in [0, 0.1) is 0 Å². The number of nitrogens with one attached hydrogen (secondary N) is 1. The highest BCUT2D eigenvalue weighted by Gasteiger charge is 2.62. The molecule has 2 rings (SSSR count). The quantitative estimate of drug-likeness (QED) is 0.582. The van der Waals surface area contributed by atoms with E-state index in [4.69, 9.17) is 8.85 Å². The molecule has 2 heterocycles. The highest BCUT2D eigenvalue weighted by molar-refractivity contribution is 6.92. The zero-order valence-corrected chi connectivity index (χ0v) is 13.6. The van der Waals surface area contributed by atoms with Gasteiger partial charge in [-0.3, -0.25) is 4.79 Å². The van der Waals surface area contributed by atoms with Crippen LogP contribution in [0.1, 0.15) is 6.42 Å². The predicted octanol–water partition coefficient (Wildman–Crippen LogP) is 1.23. The van der Waals surface area contributed by atoms with Crippen molar-refractivity contribution in [1.82, 2.24) is 5.32 Å². The minimum atomic E-state index is -1.96. The summed E-state index contributed by atoms with van der Waals surface area (Å²) in [5.74, 6) is -0.392. The van der Waals surface area contributed by atoms with Crippen LogP contribution in [0.3, 0.4) is 0 Å². The first kappa shape index (κ1) is 13.8. The lowest BCUT2D eigenvalue weighted by atomic mass is 10.0. The van der Waals surface area contributed by atoms with Crippen molar-refractivity contribution in [2.75, 3.05) is 7.11 Å². The Balaban J connectivity index is 2.40. The van der Waals surface area contributed by atoms with E-state index in [1.165, 1.54) is 7.11 Å².